The average Bonchev–Trinajstić information content (AvgIpc) is 2.89. The van der Waals surface area contributed by atoms with Crippen molar-refractivity contribution < 1.29 is 23.8 Å². The maximum absolute atomic E-state index is 13.2. The number of pyridine rings is 2. The molecule has 1 N–H and O–H groups in total. The molecule has 2 aromatic heterocycles. The Morgan fingerprint density at radius 1 is 1.03 bits per heavy atom. The molecule has 0 spiro atoms. The average molecular weight is 477 g/mol. The molecular formula is C28H29FN2O4. The van der Waals surface area contributed by atoms with Crippen LogP contribution in [-0.2, 0) is 17.8 Å². The summed E-state index contributed by atoms with van der Waals surface area (Å²) in [4.78, 5) is 21.4. The number of aryl methyl sites for hydroxylation is 1. The fraction of sp³-hybridized carbons (Fsp3) is 0.250. The Labute approximate surface area is 204 Å². The highest BCUT2D eigenvalue weighted by atomic mass is 19.1. The fourth-order valence-electron chi connectivity index (χ4n) is 3.39. The molecule has 4 rings (SSSR count). The summed E-state index contributed by atoms with van der Waals surface area (Å²) >= 11 is 0. The number of aromatic nitrogens is 2. The Morgan fingerprint density at radius 2 is 1.71 bits per heavy atom. The van der Waals surface area contributed by atoms with Gasteiger partial charge >= 0.3 is 5.97 Å². The van der Waals surface area contributed by atoms with Crippen molar-refractivity contribution in [2.45, 2.75) is 33.3 Å². The van der Waals surface area contributed by atoms with Gasteiger partial charge in [0, 0.05) is 23.9 Å². The Balaban J connectivity index is 0.000000795. The van der Waals surface area contributed by atoms with Crippen LogP contribution in [0.2, 0.25) is 0 Å². The molecule has 0 saturated carbocycles. The SMILES string of the molecule is CCCO.COC(=O)c1nc(C)c2cc(Cc3ccc(F)cc3)cnc2c1OCc1ccccc1. The second-order valence-electron chi connectivity index (χ2n) is 7.91. The standard InChI is InChI=1S/C25H21FN2O3.C3H8O/c1-16-21-13-19(12-17-8-10-20(26)11-9-17)14-27-22(21)24(23(28-16)25(29)30-2)31-15-18-6-4-3-5-7-18;1-2-3-4/h3-11,13-14H,12,15H2,1-2H3;4H,2-3H2,1H3. The normalized spacial score (nSPS) is 10.4. The third-order valence-corrected chi connectivity index (χ3v) is 5.19. The molecule has 0 radical (unpaired) electrons. The van der Waals surface area contributed by atoms with Crippen LogP contribution in [0.5, 0.6) is 5.75 Å². The molecule has 0 unspecified atom stereocenters. The number of hydrogen-bond acceptors (Lipinski definition) is 6. The molecule has 6 nitrogen and oxygen atoms in total. The molecule has 0 atom stereocenters. The van der Waals surface area contributed by atoms with Crippen LogP contribution in [-0.4, -0.2) is 34.8 Å². The number of hydrogen-bond donors (Lipinski definition) is 1. The number of carbonyl (C=O) groups is 1. The van der Waals surface area contributed by atoms with Gasteiger partial charge in [0.15, 0.2) is 11.4 Å². The van der Waals surface area contributed by atoms with Crippen molar-refractivity contribution in [2.75, 3.05) is 13.7 Å². The zero-order valence-electron chi connectivity index (χ0n) is 20.1. The van der Waals surface area contributed by atoms with Crippen molar-refractivity contribution in [3.05, 3.63) is 101 Å². The van der Waals surface area contributed by atoms with E-state index in [1.54, 1.807) is 18.3 Å². The van der Waals surface area contributed by atoms with Gasteiger partial charge in [-0.15, -0.1) is 0 Å². The summed E-state index contributed by atoms with van der Waals surface area (Å²) in [6.07, 6.45) is 3.21. The number of nitrogens with zero attached hydrogens (tertiary/aromatic N) is 2. The van der Waals surface area contributed by atoms with Gasteiger partial charge in [-0.2, -0.15) is 0 Å². The van der Waals surface area contributed by atoms with Crippen LogP contribution in [0.4, 0.5) is 4.39 Å². The van der Waals surface area contributed by atoms with E-state index in [1.807, 2.05) is 50.2 Å². The predicted molar refractivity (Wildman–Crippen MR) is 133 cm³/mol. The van der Waals surface area contributed by atoms with E-state index in [0.717, 1.165) is 28.5 Å². The molecule has 0 amide bonds. The van der Waals surface area contributed by atoms with Crippen molar-refractivity contribution >= 4 is 16.9 Å². The Morgan fingerprint density at radius 3 is 2.34 bits per heavy atom. The summed E-state index contributed by atoms with van der Waals surface area (Å²) in [7, 11) is 1.31. The molecular weight excluding hydrogens is 447 g/mol. The first kappa shape index (κ1) is 25.8. The van der Waals surface area contributed by atoms with Crippen molar-refractivity contribution in [2.24, 2.45) is 0 Å². The molecule has 0 aliphatic carbocycles. The second-order valence-corrected chi connectivity index (χ2v) is 7.91. The molecule has 0 saturated heterocycles. The molecule has 0 aliphatic rings. The lowest BCUT2D eigenvalue weighted by atomic mass is 10.0. The topological polar surface area (TPSA) is 81.5 Å². The van der Waals surface area contributed by atoms with E-state index in [4.69, 9.17) is 14.6 Å². The minimum atomic E-state index is -0.578. The summed E-state index contributed by atoms with van der Waals surface area (Å²) in [6.45, 7) is 4.34. The third kappa shape index (κ3) is 6.83. The van der Waals surface area contributed by atoms with Crippen LogP contribution in [0.1, 0.15) is 46.2 Å². The maximum Gasteiger partial charge on any atom is 0.360 e. The number of rotatable bonds is 7. The number of aliphatic hydroxyl groups excluding tert-OH is 1. The van der Waals surface area contributed by atoms with Gasteiger partial charge in [0.2, 0.25) is 0 Å². The van der Waals surface area contributed by atoms with E-state index in [9.17, 15) is 9.18 Å². The summed E-state index contributed by atoms with van der Waals surface area (Å²) in [6, 6.07) is 18.0. The molecule has 35 heavy (non-hydrogen) atoms. The first-order valence-corrected chi connectivity index (χ1v) is 11.4. The van der Waals surface area contributed by atoms with Crippen LogP contribution in [0.15, 0.2) is 66.9 Å². The van der Waals surface area contributed by atoms with E-state index in [1.165, 1.54) is 19.2 Å². The largest absolute Gasteiger partial charge is 0.484 e. The zero-order valence-corrected chi connectivity index (χ0v) is 20.1. The van der Waals surface area contributed by atoms with Gasteiger partial charge < -0.3 is 14.6 Å². The maximum atomic E-state index is 13.2. The first-order valence-electron chi connectivity index (χ1n) is 11.4. The van der Waals surface area contributed by atoms with Crippen molar-refractivity contribution in [3.63, 3.8) is 0 Å². The van der Waals surface area contributed by atoms with Gasteiger partial charge in [0.05, 0.1) is 7.11 Å². The highest BCUT2D eigenvalue weighted by Gasteiger charge is 2.22. The highest BCUT2D eigenvalue weighted by Crippen LogP contribution is 2.31. The van der Waals surface area contributed by atoms with Gasteiger partial charge in [0.1, 0.15) is 17.9 Å². The van der Waals surface area contributed by atoms with E-state index >= 15 is 0 Å². The van der Waals surface area contributed by atoms with Crippen molar-refractivity contribution in [3.8, 4) is 5.75 Å². The van der Waals surface area contributed by atoms with E-state index in [0.29, 0.717) is 30.0 Å². The van der Waals surface area contributed by atoms with Crippen molar-refractivity contribution in [1.29, 1.82) is 0 Å². The van der Waals surface area contributed by atoms with Crippen LogP contribution >= 0.6 is 0 Å². The fourth-order valence-corrected chi connectivity index (χ4v) is 3.39. The van der Waals surface area contributed by atoms with Crippen LogP contribution < -0.4 is 4.74 Å². The van der Waals surface area contributed by atoms with Gasteiger partial charge in [-0.25, -0.2) is 14.2 Å². The smallest absolute Gasteiger partial charge is 0.360 e. The lowest BCUT2D eigenvalue weighted by molar-refractivity contribution is 0.0588. The predicted octanol–water partition coefficient (Wildman–Crippen LogP) is 5.42. The Bertz CT molecular complexity index is 1260. The van der Waals surface area contributed by atoms with Crippen LogP contribution in [0.25, 0.3) is 10.9 Å². The van der Waals surface area contributed by atoms with Gasteiger partial charge in [-0.05, 0) is 54.7 Å². The number of halogens is 1. The molecule has 4 aromatic rings. The molecule has 0 fully saturated rings. The van der Waals surface area contributed by atoms with E-state index < -0.39 is 5.97 Å². The lowest BCUT2D eigenvalue weighted by Gasteiger charge is -2.14. The third-order valence-electron chi connectivity index (χ3n) is 5.19. The minimum absolute atomic E-state index is 0.0993. The summed E-state index contributed by atoms with van der Waals surface area (Å²) in [5.41, 5.74) is 4.17. The van der Waals surface area contributed by atoms with Crippen LogP contribution in [0.3, 0.4) is 0 Å². The van der Waals surface area contributed by atoms with Gasteiger partial charge in [0.25, 0.3) is 0 Å². The second kappa shape index (κ2) is 12.6. The molecule has 7 heteroatoms. The Kier molecular flexibility index (Phi) is 9.26. The monoisotopic (exact) mass is 476 g/mol. The number of carbonyl (C=O) groups excluding carboxylic acids is 1. The first-order chi connectivity index (χ1) is 17.0. The quantitative estimate of drug-likeness (QED) is 0.359. The Hall–Kier alpha value is -3.84. The molecule has 2 heterocycles. The summed E-state index contributed by atoms with van der Waals surface area (Å²) in [5, 5.41) is 8.66. The van der Waals surface area contributed by atoms with Crippen LogP contribution in [0, 0.1) is 12.7 Å². The molecule has 0 bridgehead atoms. The summed E-state index contributed by atoms with van der Waals surface area (Å²) in [5.74, 6) is -0.550. The molecule has 182 valence electrons. The number of ether oxygens (including phenoxy) is 2. The van der Waals surface area contributed by atoms with Gasteiger partial charge in [-0.3, -0.25) is 4.98 Å². The van der Waals surface area contributed by atoms with E-state index in [-0.39, 0.29) is 18.1 Å². The lowest BCUT2D eigenvalue weighted by Crippen LogP contribution is -2.11. The highest BCUT2D eigenvalue weighted by molar-refractivity contribution is 5.98. The van der Waals surface area contributed by atoms with Crippen molar-refractivity contribution in [1.82, 2.24) is 9.97 Å². The van der Waals surface area contributed by atoms with E-state index in [2.05, 4.69) is 9.97 Å². The number of fused-ring (bicyclic) bond motifs is 1. The number of methoxy groups -OCH3 is 1. The number of esters is 1. The zero-order chi connectivity index (χ0) is 25.2. The summed E-state index contributed by atoms with van der Waals surface area (Å²) < 4.78 is 24.1. The number of benzene rings is 2. The molecule has 2 aromatic carbocycles. The van der Waals surface area contributed by atoms with Gasteiger partial charge in [-0.1, -0.05) is 49.4 Å². The minimum Gasteiger partial charge on any atom is -0.484 e. The number of aliphatic hydroxyl groups is 1. The molecule has 0 aliphatic heterocycles.